The zero-order chi connectivity index (χ0) is 17.1. The van der Waals surface area contributed by atoms with Crippen molar-refractivity contribution in [3.05, 3.63) is 48.0 Å². The van der Waals surface area contributed by atoms with Crippen LogP contribution < -0.4 is 5.32 Å². The van der Waals surface area contributed by atoms with Crippen molar-refractivity contribution in [3.8, 4) is 6.07 Å². The van der Waals surface area contributed by atoms with Crippen molar-refractivity contribution in [2.75, 3.05) is 25.0 Å². The topological polar surface area (TPSA) is 74.3 Å². The lowest BCUT2D eigenvalue weighted by Gasteiger charge is -2.39. The van der Waals surface area contributed by atoms with Crippen molar-refractivity contribution in [3.63, 3.8) is 0 Å². The van der Waals surface area contributed by atoms with Gasteiger partial charge in [0.25, 0.3) is 0 Å². The Morgan fingerprint density at radius 2 is 2.36 bits per heavy atom. The van der Waals surface area contributed by atoms with Crippen LogP contribution in [0, 0.1) is 11.3 Å². The third kappa shape index (κ3) is 3.68. The molecule has 1 spiro atoms. The zero-order valence-corrected chi connectivity index (χ0v) is 14.1. The predicted molar refractivity (Wildman–Crippen MR) is 92.9 cm³/mol. The van der Waals surface area contributed by atoms with Gasteiger partial charge < -0.3 is 14.5 Å². The molecular weight excluding hydrogens is 316 g/mol. The molecule has 0 bridgehead atoms. The molecule has 0 radical (unpaired) electrons. The second-order valence-corrected chi connectivity index (χ2v) is 7.01. The van der Waals surface area contributed by atoms with Crippen LogP contribution in [0.4, 0.5) is 5.82 Å². The normalized spacial score (nSPS) is 26.6. The van der Waals surface area contributed by atoms with Gasteiger partial charge in [0.05, 0.1) is 30.8 Å². The Bertz CT molecular complexity index is 755. The highest BCUT2D eigenvalue weighted by Crippen LogP contribution is 2.36. The Hall–Kier alpha value is -2.36. The monoisotopic (exact) mass is 338 g/mol. The highest BCUT2D eigenvalue weighted by Gasteiger charge is 2.43. The number of nitrogens with one attached hydrogen (secondary N) is 1. The molecule has 0 saturated carbocycles. The van der Waals surface area contributed by atoms with Gasteiger partial charge >= 0.3 is 0 Å². The molecule has 0 unspecified atom stereocenters. The number of aromatic nitrogens is 1. The predicted octanol–water partition coefficient (Wildman–Crippen LogP) is 2.78. The van der Waals surface area contributed by atoms with Crippen molar-refractivity contribution in [2.24, 2.45) is 0 Å². The number of ether oxygens (including phenoxy) is 1. The number of hydrogen-bond donors (Lipinski definition) is 1. The average molecular weight is 338 g/mol. The standard InChI is InChI=1S/C19H22N4O2/c20-10-16-3-1-4-18(21-16)22-17-9-19(25-13-17)6-2-7-23(14-19)11-15-5-8-24-12-15/h1,3-5,8,12,17H,2,6-7,9,11,13-14H2,(H,21,22)/t17-,19-/m1/s1. The highest BCUT2D eigenvalue weighted by molar-refractivity contribution is 5.39. The van der Waals surface area contributed by atoms with E-state index in [-0.39, 0.29) is 11.6 Å². The van der Waals surface area contributed by atoms with Gasteiger partial charge in [-0.3, -0.25) is 4.90 Å². The fourth-order valence-corrected chi connectivity index (χ4v) is 3.97. The zero-order valence-electron chi connectivity index (χ0n) is 14.1. The van der Waals surface area contributed by atoms with Gasteiger partial charge in [0.15, 0.2) is 0 Å². The maximum absolute atomic E-state index is 8.98. The van der Waals surface area contributed by atoms with Gasteiger partial charge in [-0.1, -0.05) is 6.07 Å². The molecular formula is C19H22N4O2. The number of hydrogen-bond acceptors (Lipinski definition) is 6. The summed E-state index contributed by atoms with van der Waals surface area (Å²) >= 11 is 0. The number of anilines is 1. The van der Waals surface area contributed by atoms with Gasteiger partial charge in [-0.2, -0.15) is 5.26 Å². The van der Waals surface area contributed by atoms with Crippen LogP contribution in [0.3, 0.4) is 0 Å². The first-order valence-corrected chi connectivity index (χ1v) is 8.76. The van der Waals surface area contributed by atoms with Gasteiger partial charge in [0, 0.05) is 25.1 Å². The summed E-state index contributed by atoms with van der Waals surface area (Å²) in [6.07, 6.45) is 6.75. The van der Waals surface area contributed by atoms with E-state index < -0.39 is 0 Å². The van der Waals surface area contributed by atoms with E-state index in [1.54, 1.807) is 12.3 Å². The summed E-state index contributed by atoms with van der Waals surface area (Å²) in [6, 6.07) is 9.80. The van der Waals surface area contributed by atoms with Crippen molar-refractivity contribution >= 4 is 5.82 Å². The average Bonchev–Trinajstić information content (AvgIpc) is 3.26. The lowest BCUT2D eigenvalue weighted by Crippen LogP contribution is -2.47. The first kappa shape index (κ1) is 16.1. The molecule has 2 aliphatic heterocycles. The molecule has 2 aromatic heterocycles. The van der Waals surface area contributed by atoms with E-state index in [0.29, 0.717) is 12.3 Å². The number of likely N-dealkylation sites (tertiary alicyclic amines) is 1. The second kappa shape index (κ2) is 6.87. The van der Waals surface area contributed by atoms with E-state index in [9.17, 15) is 0 Å². The van der Waals surface area contributed by atoms with E-state index in [1.165, 1.54) is 5.56 Å². The number of nitriles is 1. The summed E-state index contributed by atoms with van der Waals surface area (Å²) in [6.45, 7) is 3.63. The molecule has 2 aliphatic rings. The van der Waals surface area contributed by atoms with Crippen molar-refractivity contribution in [2.45, 2.75) is 37.5 Å². The number of rotatable bonds is 4. The Morgan fingerprint density at radius 1 is 1.40 bits per heavy atom. The van der Waals surface area contributed by atoms with E-state index in [2.05, 4.69) is 21.3 Å². The quantitative estimate of drug-likeness (QED) is 0.924. The van der Waals surface area contributed by atoms with Crippen LogP contribution in [-0.2, 0) is 11.3 Å². The van der Waals surface area contributed by atoms with Crippen molar-refractivity contribution in [1.82, 2.24) is 9.88 Å². The van der Waals surface area contributed by atoms with Crippen molar-refractivity contribution < 1.29 is 9.15 Å². The van der Waals surface area contributed by atoms with Gasteiger partial charge in [-0.15, -0.1) is 0 Å². The number of pyridine rings is 1. The Kier molecular flexibility index (Phi) is 4.43. The van der Waals surface area contributed by atoms with Crippen LogP contribution >= 0.6 is 0 Å². The molecule has 2 saturated heterocycles. The molecule has 2 aromatic rings. The largest absolute Gasteiger partial charge is 0.472 e. The van der Waals surface area contributed by atoms with E-state index in [1.807, 2.05) is 24.5 Å². The van der Waals surface area contributed by atoms with Gasteiger partial charge in [0.1, 0.15) is 17.6 Å². The summed E-state index contributed by atoms with van der Waals surface area (Å²) in [5.41, 5.74) is 1.57. The van der Waals surface area contributed by atoms with Crippen LogP contribution in [0.2, 0.25) is 0 Å². The number of nitrogens with zero attached hydrogens (tertiary/aromatic N) is 3. The van der Waals surface area contributed by atoms with Gasteiger partial charge in [-0.25, -0.2) is 4.98 Å². The molecule has 0 aromatic carbocycles. The highest BCUT2D eigenvalue weighted by atomic mass is 16.5. The van der Waals surface area contributed by atoms with E-state index >= 15 is 0 Å². The molecule has 0 aliphatic carbocycles. The third-order valence-electron chi connectivity index (χ3n) is 5.03. The third-order valence-corrected chi connectivity index (χ3v) is 5.03. The summed E-state index contributed by atoms with van der Waals surface area (Å²) in [7, 11) is 0. The minimum atomic E-state index is -0.0769. The minimum absolute atomic E-state index is 0.0769. The first-order chi connectivity index (χ1) is 12.2. The smallest absolute Gasteiger partial charge is 0.142 e. The van der Waals surface area contributed by atoms with Crippen LogP contribution in [0.1, 0.15) is 30.5 Å². The fourth-order valence-electron chi connectivity index (χ4n) is 3.97. The van der Waals surface area contributed by atoms with Gasteiger partial charge in [-0.05, 0) is 37.6 Å². The molecule has 6 heteroatoms. The van der Waals surface area contributed by atoms with E-state index in [0.717, 1.165) is 44.7 Å². The molecule has 1 N–H and O–H groups in total. The summed E-state index contributed by atoms with van der Waals surface area (Å²) < 4.78 is 11.4. The Balaban J connectivity index is 1.38. The first-order valence-electron chi connectivity index (χ1n) is 8.76. The SMILES string of the molecule is N#Cc1cccc(N[C@H]2CO[C@]3(CCCN(Cc4ccoc4)C3)C2)n1. The maximum atomic E-state index is 8.98. The summed E-state index contributed by atoms with van der Waals surface area (Å²) in [4.78, 5) is 6.75. The van der Waals surface area contributed by atoms with E-state index in [4.69, 9.17) is 14.4 Å². The number of furan rings is 1. The van der Waals surface area contributed by atoms with Crippen LogP contribution in [0.15, 0.2) is 41.2 Å². The lowest BCUT2D eigenvalue weighted by atomic mass is 9.88. The van der Waals surface area contributed by atoms with Crippen LogP contribution in [0.25, 0.3) is 0 Å². The van der Waals surface area contributed by atoms with Crippen LogP contribution in [0.5, 0.6) is 0 Å². The molecule has 130 valence electrons. The Morgan fingerprint density at radius 3 is 3.20 bits per heavy atom. The Labute approximate surface area is 147 Å². The number of piperidine rings is 1. The summed E-state index contributed by atoms with van der Waals surface area (Å²) in [5, 5.41) is 12.4. The molecule has 2 atom stereocenters. The molecule has 6 nitrogen and oxygen atoms in total. The minimum Gasteiger partial charge on any atom is -0.472 e. The molecule has 25 heavy (non-hydrogen) atoms. The summed E-state index contributed by atoms with van der Waals surface area (Å²) in [5.74, 6) is 0.746. The second-order valence-electron chi connectivity index (χ2n) is 7.01. The molecule has 4 heterocycles. The van der Waals surface area contributed by atoms with Crippen molar-refractivity contribution in [1.29, 1.82) is 5.26 Å². The maximum Gasteiger partial charge on any atom is 0.142 e. The fraction of sp³-hybridized carbons (Fsp3) is 0.474. The molecule has 2 fully saturated rings. The lowest BCUT2D eigenvalue weighted by molar-refractivity contribution is -0.0533. The van der Waals surface area contributed by atoms with Gasteiger partial charge in [0.2, 0.25) is 0 Å². The van der Waals surface area contributed by atoms with Crippen LogP contribution in [-0.4, -0.2) is 41.2 Å². The molecule has 4 rings (SSSR count). The molecule has 0 amide bonds.